The van der Waals surface area contributed by atoms with Gasteiger partial charge in [0.2, 0.25) is 0 Å². The van der Waals surface area contributed by atoms with Crippen LogP contribution in [0.2, 0.25) is 0 Å². The van der Waals surface area contributed by atoms with E-state index in [1.165, 1.54) is 6.92 Å². The molecule has 0 aliphatic heterocycles. The fourth-order valence-corrected chi connectivity index (χ4v) is 1.98. The molecule has 0 heterocycles. The standard InChI is InChI=1S/C9H8N2O6S/c1-5(9(12)13)18-8-3-6(10(14)15)2-7(4-8)11(16)17/h2-5H,1H3,(H,12,13)/p-1/t5-/m0/s1. The minimum Gasteiger partial charge on any atom is -0.549 e. The molecule has 96 valence electrons. The number of non-ortho nitro benzene ring substituents is 2. The average molecular weight is 271 g/mol. The van der Waals surface area contributed by atoms with Gasteiger partial charge < -0.3 is 9.90 Å². The highest BCUT2D eigenvalue weighted by atomic mass is 32.2. The molecule has 0 aliphatic carbocycles. The first-order valence-electron chi connectivity index (χ1n) is 4.62. The van der Waals surface area contributed by atoms with Crippen molar-refractivity contribution in [2.45, 2.75) is 17.1 Å². The molecule has 18 heavy (non-hydrogen) atoms. The van der Waals surface area contributed by atoms with E-state index in [2.05, 4.69) is 0 Å². The highest BCUT2D eigenvalue weighted by Gasteiger charge is 2.18. The average Bonchev–Trinajstić information content (AvgIpc) is 2.28. The summed E-state index contributed by atoms with van der Waals surface area (Å²) in [5.41, 5.74) is -0.922. The number of carbonyl (C=O) groups is 1. The Morgan fingerprint density at radius 3 is 1.94 bits per heavy atom. The molecule has 0 aromatic heterocycles. The number of thioether (sulfide) groups is 1. The topological polar surface area (TPSA) is 126 Å². The van der Waals surface area contributed by atoms with Crippen molar-refractivity contribution < 1.29 is 19.7 Å². The summed E-state index contributed by atoms with van der Waals surface area (Å²) in [5.74, 6) is -1.35. The second kappa shape index (κ2) is 5.45. The van der Waals surface area contributed by atoms with E-state index < -0.39 is 32.4 Å². The number of aliphatic carboxylic acids is 1. The predicted molar refractivity (Wildman–Crippen MR) is 60.1 cm³/mol. The van der Waals surface area contributed by atoms with Gasteiger partial charge in [-0.1, -0.05) is 0 Å². The summed E-state index contributed by atoms with van der Waals surface area (Å²) in [7, 11) is 0. The van der Waals surface area contributed by atoms with E-state index in [0.29, 0.717) is 0 Å². The van der Waals surface area contributed by atoms with Crippen molar-refractivity contribution in [3.63, 3.8) is 0 Å². The van der Waals surface area contributed by atoms with Crippen molar-refractivity contribution in [3.8, 4) is 0 Å². The number of nitro benzene ring substituents is 2. The monoisotopic (exact) mass is 271 g/mol. The second-order valence-electron chi connectivity index (χ2n) is 3.28. The van der Waals surface area contributed by atoms with Gasteiger partial charge in [0.05, 0.1) is 21.9 Å². The molecule has 0 radical (unpaired) electrons. The second-order valence-corrected chi connectivity index (χ2v) is 4.69. The minimum absolute atomic E-state index is 0.132. The number of carboxylic acids is 1. The Morgan fingerprint density at radius 2 is 1.61 bits per heavy atom. The first kappa shape index (κ1) is 13.9. The summed E-state index contributed by atoms with van der Waals surface area (Å²) in [5, 5.41) is 30.8. The maximum Gasteiger partial charge on any atom is 0.277 e. The lowest BCUT2D eigenvalue weighted by atomic mass is 10.3. The molecule has 1 aromatic carbocycles. The normalized spacial score (nSPS) is 11.8. The highest BCUT2D eigenvalue weighted by Crippen LogP contribution is 2.31. The molecule has 1 aromatic rings. The van der Waals surface area contributed by atoms with E-state index in [0.717, 1.165) is 30.0 Å². The zero-order chi connectivity index (χ0) is 13.9. The SMILES string of the molecule is C[C@H](Sc1cc([N+](=O)[O-])cc([N+](=O)[O-])c1)C(=O)[O-]. The third kappa shape index (κ3) is 3.42. The quantitative estimate of drug-likeness (QED) is 0.438. The molecule has 8 nitrogen and oxygen atoms in total. The van der Waals surface area contributed by atoms with Crippen LogP contribution in [-0.4, -0.2) is 21.1 Å². The fraction of sp³-hybridized carbons (Fsp3) is 0.222. The van der Waals surface area contributed by atoms with Gasteiger partial charge in [-0.3, -0.25) is 20.2 Å². The van der Waals surface area contributed by atoms with Gasteiger partial charge >= 0.3 is 0 Å². The van der Waals surface area contributed by atoms with E-state index in [1.54, 1.807) is 0 Å². The number of benzene rings is 1. The Morgan fingerprint density at radius 1 is 1.17 bits per heavy atom. The maximum absolute atomic E-state index is 10.6. The molecule has 0 spiro atoms. The Bertz CT molecular complexity index is 486. The van der Waals surface area contributed by atoms with Gasteiger partial charge in [-0.2, -0.15) is 0 Å². The van der Waals surface area contributed by atoms with Gasteiger partial charge in [-0.05, 0) is 6.92 Å². The number of nitro groups is 2. The Labute approximate surface area is 105 Å². The van der Waals surface area contributed by atoms with Crippen LogP contribution < -0.4 is 5.11 Å². The van der Waals surface area contributed by atoms with E-state index in [-0.39, 0.29) is 4.90 Å². The zero-order valence-electron chi connectivity index (χ0n) is 9.06. The van der Waals surface area contributed by atoms with Crippen LogP contribution in [0.3, 0.4) is 0 Å². The Hall–Kier alpha value is -2.16. The lowest BCUT2D eigenvalue weighted by molar-refractivity contribution is -0.394. The molecule has 9 heteroatoms. The molecule has 0 amide bonds. The van der Waals surface area contributed by atoms with Crippen molar-refractivity contribution >= 4 is 29.1 Å². The number of rotatable bonds is 5. The molecule has 1 rings (SSSR count). The smallest absolute Gasteiger partial charge is 0.277 e. The predicted octanol–water partition coefficient (Wildman–Crippen LogP) is 0.734. The Kier molecular flexibility index (Phi) is 4.21. The summed E-state index contributed by atoms with van der Waals surface area (Å²) in [6, 6.07) is 2.97. The minimum atomic E-state index is -1.35. The van der Waals surface area contributed by atoms with Crippen LogP contribution in [0.25, 0.3) is 0 Å². The number of carboxylic acid groups (broad SMARTS) is 1. The number of carbonyl (C=O) groups excluding carboxylic acids is 1. The summed E-state index contributed by atoms with van der Waals surface area (Å²) >= 11 is 0.744. The van der Waals surface area contributed by atoms with Crippen LogP contribution in [0.5, 0.6) is 0 Å². The van der Waals surface area contributed by atoms with Gasteiger partial charge in [-0.25, -0.2) is 0 Å². The molecular formula is C9H7N2O6S-. The molecule has 0 N–H and O–H groups in total. The molecule has 0 saturated heterocycles. The van der Waals surface area contributed by atoms with Gasteiger partial charge in [-0.15, -0.1) is 11.8 Å². The van der Waals surface area contributed by atoms with Crippen LogP contribution in [0.1, 0.15) is 6.92 Å². The molecule has 1 atom stereocenters. The number of hydrogen-bond donors (Lipinski definition) is 0. The van der Waals surface area contributed by atoms with E-state index in [9.17, 15) is 30.1 Å². The summed E-state index contributed by atoms with van der Waals surface area (Å²) in [6.45, 7) is 1.32. The molecular weight excluding hydrogens is 264 g/mol. The van der Waals surface area contributed by atoms with Crippen LogP contribution in [0.15, 0.2) is 23.1 Å². The Balaban J connectivity index is 3.15. The van der Waals surface area contributed by atoms with E-state index >= 15 is 0 Å². The molecule has 0 saturated carbocycles. The highest BCUT2D eigenvalue weighted by molar-refractivity contribution is 8.00. The molecule has 0 aliphatic rings. The van der Waals surface area contributed by atoms with E-state index in [1.807, 2.05) is 0 Å². The zero-order valence-corrected chi connectivity index (χ0v) is 9.88. The lowest BCUT2D eigenvalue weighted by Gasteiger charge is -2.11. The lowest BCUT2D eigenvalue weighted by Crippen LogP contribution is -2.31. The van der Waals surface area contributed by atoms with E-state index in [4.69, 9.17) is 0 Å². The third-order valence-corrected chi connectivity index (χ3v) is 3.00. The van der Waals surface area contributed by atoms with Gasteiger partial charge in [0, 0.05) is 22.3 Å². The number of hydrogen-bond acceptors (Lipinski definition) is 7. The van der Waals surface area contributed by atoms with Crippen molar-refractivity contribution in [2.24, 2.45) is 0 Å². The van der Waals surface area contributed by atoms with Crippen LogP contribution >= 0.6 is 11.8 Å². The first-order valence-corrected chi connectivity index (χ1v) is 5.50. The van der Waals surface area contributed by atoms with Gasteiger partial charge in [0.25, 0.3) is 11.4 Å². The molecule has 0 bridgehead atoms. The van der Waals surface area contributed by atoms with Gasteiger partial charge in [0.1, 0.15) is 0 Å². The third-order valence-electron chi connectivity index (χ3n) is 1.94. The summed E-state index contributed by atoms with van der Waals surface area (Å²) in [4.78, 5) is 30.3. The van der Waals surface area contributed by atoms with Crippen molar-refractivity contribution in [1.82, 2.24) is 0 Å². The fourth-order valence-electron chi connectivity index (χ4n) is 1.10. The van der Waals surface area contributed by atoms with Crippen molar-refractivity contribution in [2.75, 3.05) is 0 Å². The van der Waals surface area contributed by atoms with Crippen molar-refractivity contribution in [3.05, 3.63) is 38.4 Å². The van der Waals surface area contributed by atoms with Crippen LogP contribution in [-0.2, 0) is 4.79 Å². The largest absolute Gasteiger partial charge is 0.549 e. The summed E-state index contributed by atoms with van der Waals surface area (Å²) < 4.78 is 0. The maximum atomic E-state index is 10.6. The number of nitrogens with zero attached hydrogens (tertiary/aromatic N) is 2. The molecule has 0 fully saturated rings. The summed E-state index contributed by atoms with van der Waals surface area (Å²) in [6.07, 6.45) is 0. The van der Waals surface area contributed by atoms with Crippen LogP contribution in [0, 0.1) is 20.2 Å². The van der Waals surface area contributed by atoms with Crippen molar-refractivity contribution in [1.29, 1.82) is 0 Å². The molecule has 0 unspecified atom stereocenters. The first-order chi connectivity index (χ1) is 8.31. The van der Waals surface area contributed by atoms with Gasteiger partial charge in [0.15, 0.2) is 0 Å². The van der Waals surface area contributed by atoms with Crippen LogP contribution in [0.4, 0.5) is 11.4 Å².